The number of hydrogen-bond acceptors (Lipinski definition) is 2. The summed E-state index contributed by atoms with van der Waals surface area (Å²) in [6.45, 7) is 1.81. The fourth-order valence-corrected chi connectivity index (χ4v) is 1.92. The van der Waals surface area contributed by atoms with Crippen molar-refractivity contribution < 1.29 is 22.7 Å². The molecule has 0 aliphatic carbocycles. The van der Waals surface area contributed by atoms with Crippen molar-refractivity contribution in [3.05, 3.63) is 58.1 Å². The third-order valence-corrected chi connectivity index (χ3v) is 3.08. The van der Waals surface area contributed by atoms with Crippen LogP contribution in [0.2, 0.25) is 5.02 Å². The first kappa shape index (κ1) is 15.4. The molecule has 0 N–H and O–H groups in total. The van der Waals surface area contributed by atoms with Crippen molar-refractivity contribution in [2.75, 3.05) is 0 Å². The number of aryl methyl sites for hydroxylation is 1. The van der Waals surface area contributed by atoms with Gasteiger partial charge in [-0.3, -0.25) is 4.79 Å². The Kier molecular flexibility index (Phi) is 4.23. The van der Waals surface area contributed by atoms with Crippen LogP contribution in [0, 0.1) is 6.92 Å². The molecule has 2 nitrogen and oxygen atoms in total. The number of carbonyl (C=O) groups is 1. The molecule has 0 bridgehead atoms. The van der Waals surface area contributed by atoms with Crippen LogP contribution in [0.15, 0.2) is 36.4 Å². The lowest BCUT2D eigenvalue weighted by atomic mass is 10.1. The zero-order valence-electron chi connectivity index (χ0n) is 10.9. The van der Waals surface area contributed by atoms with Crippen molar-refractivity contribution in [2.24, 2.45) is 0 Å². The lowest BCUT2D eigenvalue weighted by Gasteiger charge is -2.13. The molecule has 0 aliphatic heterocycles. The Morgan fingerprint density at radius 1 is 1.14 bits per heavy atom. The van der Waals surface area contributed by atoms with E-state index in [-0.39, 0.29) is 22.8 Å². The van der Waals surface area contributed by atoms with Gasteiger partial charge in [0.25, 0.3) is 0 Å². The molecule has 0 radical (unpaired) electrons. The zero-order chi connectivity index (χ0) is 15.6. The van der Waals surface area contributed by atoms with Crippen molar-refractivity contribution in [1.82, 2.24) is 0 Å². The third kappa shape index (κ3) is 3.55. The quantitative estimate of drug-likeness (QED) is 0.721. The maximum absolute atomic E-state index is 12.9. The summed E-state index contributed by atoms with van der Waals surface area (Å²) in [4.78, 5) is 10.7. The SMILES string of the molecule is Cc1ccc(Cl)c(Oc2ccc(C=O)c(C(F)(F)F)c2)c1. The van der Waals surface area contributed by atoms with E-state index >= 15 is 0 Å². The Bertz CT molecular complexity index is 681. The second-order valence-electron chi connectivity index (χ2n) is 4.40. The van der Waals surface area contributed by atoms with Gasteiger partial charge in [0.2, 0.25) is 0 Å². The van der Waals surface area contributed by atoms with Crippen molar-refractivity contribution in [3.63, 3.8) is 0 Å². The van der Waals surface area contributed by atoms with Crippen LogP contribution in [0.3, 0.4) is 0 Å². The molecule has 21 heavy (non-hydrogen) atoms. The third-order valence-electron chi connectivity index (χ3n) is 2.77. The molecule has 0 atom stereocenters. The van der Waals surface area contributed by atoms with Crippen LogP contribution in [-0.2, 0) is 6.18 Å². The monoisotopic (exact) mass is 314 g/mol. The van der Waals surface area contributed by atoms with Crippen LogP contribution in [0.1, 0.15) is 21.5 Å². The Balaban J connectivity index is 2.42. The van der Waals surface area contributed by atoms with Gasteiger partial charge in [-0.15, -0.1) is 0 Å². The Labute approximate surface area is 124 Å². The van der Waals surface area contributed by atoms with E-state index in [1.807, 2.05) is 0 Å². The molecule has 0 saturated heterocycles. The summed E-state index contributed by atoms with van der Waals surface area (Å²) in [5.41, 5.74) is -0.626. The van der Waals surface area contributed by atoms with E-state index < -0.39 is 17.3 Å². The largest absolute Gasteiger partial charge is 0.456 e. The molecule has 0 amide bonds. The predicted octanol–water partition coefficient (Wildman–Crippen LogP) is 5.27. The van der Waals surface area contributed by atoms with E-state index in [9.17, 15) is 18.0 Å². The van der Waals surface area contributed by atoms with Gasteiger partial charge in [-0.25, -0.2) is 0 Å². The van der Waals surface area contributed by atoms with Gasteiger partial charge in [-0.1, -0.05) is 17.7 Å². The number of rotatable bonds is 3. The molecule has 0 heterocycles. The Morgan fingerprint density at radius 2 is 1.86 bits per heavy atom. The number of ether oxygens (including phenoxy) is 1. The molecule has 0 fully saturated rings. The molecular formula is C15H10ClF3O2. The molecule has 2 aromatic carbocycles. The van der Waals surface area contributed by atoms with Gasteiger partial charge in [-0.2, -0.15) is 13.2 Å². The maximum atomic E-state index is 12.9. The average Bonchev–Trinajstić information content (AvgIpc) is 2.42. The highest BCUT2D eigenvalue weighted by Gasteiger charge is 2.33. The van der Waals surface area contributed by atoms with Gasteiger partial charge in [-0.05, 0) is 42.8 Å². The highest BCUT2D eigenvalue weighted by molar-refractivity contribution is 6.32. The summed E-state index contributed by atoms with van der Waals surface area (Å²) in [6.07, 6.45) is -4.47. The van der Waals surface area contributed by atoms with Gasteiger partial charge in [0.05, 0.1) is 10.6 Å². The first-order valence-electron chi connectivity index (χ1n) is 5.91. The van der Waals surface area contributed by atoms with E-state index in [0.717, 1.165) is 17.7 Å². The molecule has 0 spiro atoms. The molecule has 0 saturated carbocycles. The van der Waals surface area contributed by atoms with Crippen molar-refractivity contribution in [2.45, 2.75) is 13.1 Å². The zero-order valence-corrected chi connectivity index (χ0v) is 11.6. The number of hydrogen-bond donors (Lipinski definition) is 0. The lowest BCUT2D eigenvalue weighted by Crippen LogP contribution is -2.09. The van der Waals surface area contributed by atoms with Crippen molar-refractivity contribution in [1.29, 1.82) is 0 Å². The molecule has 0 aliphatic rings. The Hall–Kier alpha value is -2.01. The predicted molar refractivity (Wildman–Crippen MR) is 73.1 cm³/mol. The summed E-state index contributed by atoms with van der Waals surface area (Å²) >= 11 is 5.93. The number of alkyl halides is 3. The van der Waals surface area contributed by atoms with Gasteiger partial charge in [0, 0.05) is 5.56 Å². The average molecular weight is 315 g/mol. The van der Waals surface area contributed by atoms with E-state index in [1.165, 1.54) is 6.07 Å². The summed E-state index contributed by atoms with van der Waals surface area (Å²) < 4.78 is 43.9. The molecular weight excluding hydrogens is 305 g/mol. The first-order chi connectivity index (χ1) is 9.81. The summed E-state index contributed by atoms with van der Waals surface area (Å²) in [7, 11) is 0. The summed E-state index contributed by atoms with van der Waals surface area (Å²) in [5.74, 6) is 0.212. The lowest BCUT2D eigenvalue weighted by molar-refractivity contribution is -0.137. The normalized spacial score (nSPS) is 11.3. The van der Waals surface area contributed by atoms with Crippen LogP contribution in [0.5, 0.6) is 11.5 Å². The van der Waals surface area contributed by atoms with Crippen molar-refractivity contribution >= 4 is 17.9 Å². The molecule has 0 aromatic heterocycles. The fraction of sp³-hybridized carbons (Fsp3) is 0.133. The number of benzene rings is 2. The first-order valence-corrected chi connectivity index (χ1v) is 6.29. The number of aldehydes is 1. The minimum atomic E-state index is -4.63. The number of carbonyl (C=O) groups excluding carboxylic acids is 1. The van der Waals surface area contributed by atoms with Crippen LogP contribution < -0.4 is 4.74 Å². The second kappa shape index (κ2) is 5.77. The van der Waals surface area contributed by atoms with Gasteiger partial charge in [0.1, 0.15) is 11.5 Å². The fourth-order valence-electron chi connectivity index (χ4n) is 1.76. The molecule has 2 aromatic rings. The van der Waals surface area contributed by atoms with E-state index in [2.05, 4.69) is 0 Å². The van der Waals surface area contributed by atoms with Gasteiger partial charge in [0.15, 0.2) is 6.29 Å². The van der Waals surface area contributed by atoms with Crippen LogP contribution >= 0.6 is 11.6 Å². The molecule has 110 valence electrons. The summed E-state index contributed by atoms with van der Waals surface area (Å²) in [5, 5.41) is 0.286. The molecule has 2 rings (SSSR count). The number of halogens is 4. The highest BCUT2D eigenvalue weighted by Crippen LogP contribution is 2.36. The van der Waals surface area contributed by atoms with Crippen LogP contribution in [0.4, 0.5) is 13.2 Å². The Morgan fingerprint density at radius 3 is 2.48 bits per heavy atom. The van der Waals surface area contributed by atoms with Crippen LogP contribution in [-0.4, -0.2) is 6.29 Å². The standard InChI is InChI=1S/C15H10ClF3O2/c1-9-2-5-13(16)14(6-9)21-11-4-3-10(8-20)12(7-11)15(17,18)19/h2-8H,1H3. The van der Waals surface area contributed by atoms with Crippen molar-refractivity contribution in [3.8, 4) is 11.5 Å². The van der Waals surface area contributed by atoms with Gasteiger partial charge >= 0.3 is 6.18 Å². The smallest absolute Gasteiger partial charge is 0.417 e. The maximum Gasteiger partial charge on any atom is 0.417 e. The van der Waals surface area contributed by atoms with E-state index in [1.54, 1.807) is 25.1 Å². The second-order valence-corrected chi connectivity index (χ2v) is 4.81. The van der Waals surface area contributed by atoms with E-state index in [0.29, 0.717) is 0 Å². The minimum absolute atomic E-state index is 0.0413. The summed E-state index contributed by atoms with van der Waals surface area (Å²) in [6, 6.07) is 8.10. The van der Waals surface area contributed by atoms with Gasteiger partial charge < -0.3 is 4.74 Å². The highest BCUT2D eigenvalue weighted by atomic mass is 35.5. The molecule has 6 heteroatoms. The topological polar surface area (TPSA) is 26.3 Å². The van der Waals surface area contributed by atoms with Crippen LogP contribution in [0.25, 0.3) is 0 Å². The molecule has 0 unspecified atom stereocenters. The van der Waals surface area contributed by atoms with E-state index in [4.69, 9.17) is 16.3 Å². The minimum Gasteiger partial charge on any atom is -0.456 e.